The molecule has 30 heavy (non-hydrogen) atoms. The van der Waals surface area contributed by atoms with Crippen molar-refractivity contribution in [3.8, 4) is 11.1 Å². The Morgan fingerprint density at radius 3 is 2.60 bits per heavy atom. The predicted molar refractivity (Wildman–Crippen MR) is 115 cm³/mol. The predicted octanol–water partition coefficient (Wildman–Crippen LogP) is 4.17. The van der Waals surface area contributed by atoms with E-state index in [2.05, 4.69) is 10.6 Å². The zero-order valence-corrected chi connectivity index (χ0v) is 17.1. The first-order valence-electron chi connectivity index (χ1n) is 9.71. The van der Waals surface area contributed by atoms with E-state index < -0.39 is 23.7 Å². The first-order valence-corrected chi connectivity index (χ1v) is 9.71. The van der Waals surface area contributed by atoms with Crippen LogP contribution >= 0.6 is 0 Å². The Bertz CT molecular complexity index is 1120. The Kier molecular flexibility index (Phi) is 6.51. The monoisotopic (exact) mass is 408 g/mol. The van der Waals surface area contributed by atoms with Crippen molar-refractivity contribution in [3.63, 3.8) is 0 Å². The van der Waals surface area contributed by atoms with Gasteiger partial charge in [0.25, 0.3) is 0 Å². The van der Waals surface area contributed by atoms with Gasteiger partial charge < -0.3 is 19.8 Å². The number of esters is 1. The molecule has 0 aliphatic heterocycles. The summed E-state index contributed by atoms with van der Waals surface area (Å²) in [7, 11) is 1.29. The van der Waals surface area contributed by atoms with Gasteiger partial charge in [-0.2, -0.15) is 0 Å². The minimum atomic E-state index is -0.754. The molecule has 1 aromatic heterocycles. The number of nitrogens with one attached hydrogen (secondary N) is 2. The lowest BCUT2D eigenvalue weighted by Gasteiger charge is -2.22. The number of hydrogen-bond acceptors (Lipinski definition) is 5. The van der Waals surface area contributed by atoms with Crippen molar-refractivity contribution >= 4 is 28.7 Å². The molecule has 0 unspecified atom stereocenters. The molecule has 2 atom stereocenters. The molecule has 0 saturated carbocycles. The van der Waals surface area contributed by atoms with Crippen LogP contribution in [0.25, 0.3) is 22.1 Å². The van der Waals surface area contributed by atoms with Crippen LogP contribution in [0.2, 0.25) is 0 Å². The maximum absolute atomic E-state index is 12.4. The number of carbonyl (C=O) groups is 2. The lowest BCUT2D eigenvalue weighted by molar-refractivity contribution is -0.144. The van der Waals surface area contributed by atoms with Crippen molar-refractivity contribution in [3.05, 3.63) is 65.0 Å². The first-order chi connectivity index (χ1) is 14.4. The first kappa shape index (κ1) is 21.1. The summed E-state index contributed by atoms with van der Waals surface area (Å²) in [6, 6.07) is 14.6. The van der Waals surface area contributed by atoms with E-state index in [1.165, 1.54) is 7.11 Å². The summed E-state index contributed by atoms with van der Waals surface area (Å²) in [5, 5.41) is 6.17. The summed E-state index contributed by atoms with van der Waals surface area (Å²) >= 11 is 0. The summed E-state index contributed by atoms with van der Waals surface area (Å²) in [4.78, 5) is 36.8. The maximum atomic E-state index is 12.4. The largest absolute Gasteiger partial charge is 0.467 e. The van der Waals surface area contributed by atoms with Crippen molar-refractivity contribution in [2.45, 2.75) is 26.3 Å². The highest BCUT2D eigenvalue weighted by Crippen LogP contribution is 2.23. The van der Waals surface area contributed by atoms with Crippen LogP contribution < -0.4 is 16.3 Å². The van der Waals surface area contributed by atoms with Crippen molar-refractivity contribution < 1.29 is 18.7 Å². The lowest BCUT2D eigenvalue weighted by Crippen LogP contribution is -2.47. The van der Waals surface area contributed by atoms with Crippen LogP contribution in [0, 0.1) is 5.92 Å². The van der Waals surface area contributed by atoms with Crippen LogP contribution in [0.15, 0.2) is 63.8 Å². The lowest BCUT2D eigenvalue weighted by atomic mass is 9.99. The van der Waals surface area contributed by atoms with Gasteiger partial charge in [-0.15, -0.1) is 0 Å². The molecule has 0 fully saturated rings. The van der Waals surface area contributed by atoms with Gasteiger partial charge >= 0.3 is 17.6 Å². The van der Waals surface area contributed by atoms with E-state index in [0.717, 1.165) is 5.39 Å². The Morgan fingerprint density at radius 2 is 1.87 bits per heavy atom. The average molecular weight is 408 g/mol. The molecule has 2 N–H and O–H groups in total. The van der Waals surface area contributed by atoms with Crippen molar-refractivity contribution in [1.82, 2.24) is 5.32 Å². The normalized spacial score (nSPS) is 12.8. The fourth-order valence-electron chi connectivity index (χ4n) is 3.13. The molecular formula is C23H24N2O5. The van der Waals surface area contributed by atoms with Gasteiger partial charge in [-0.25, -0.2) is 14.4 Å². The van der Waals surface area contributed by atoms with Gasteiger partial charge in [-0.1, -0.05) is 50.6 Å². The van der Waals surface area contributed by atoms with Crippen molar-refractivity contribution in [2.75, 3.05) is 12.4 Å². The topological polar surface area (TPSA) is 97.6 Å². The number of hydrogen-bond donors (Lipinski definition) is 2. The Hall–Kier alpha value is -3.61. The second-order valence-electron chi connectivity index (χ2n) is 7.05. The standard InChI is InChI=1S/C23H24N2O5/c1-4-14(2)20(22(27)29-3)25-23(28)24-17-10-7-9-15(12-17)18-13-16-8-5-6-11-19(16)30-21(18)26/h5-14,20H,4H2,1-3H3,(H2,24,25,28)/t14-,20-/m1/s1. The number of fused-ring (bicyclic) bond motifs is 1. The average Bonchev–Trinajstić information content (AvgIpc) is 2.76. The van der Waals surface area contributed by atoms with Gasteiger partial charge in [0, 0.05) is 11.1 Å². The third kappa shape index (κ3) is 4.68. The number of rotatable bonds is 6. The minimum Gasteiger partial charge on any atom is -0.467 e. The van der Waals surface area contributed by atoms with Crippen LogP contribution in [0.1, 0.15) is 20.3 Å². The number of para-hydroxylation sites is 1. The molecule has 0 aliphatic carbocycles. The van der Waals surface area contributed by atoms with Crippen molar-refractivity contribution in [1.29, 1.82) is 0 Å². The molecule has 3 rings (SSSR count). The molecule has 0 spiro atoms. The molecule has 7 heteroatoms. The number of urea groups is 1. The number of amides is 2. The molecular weight excluding hydrogens is 384 g/mol. The van der Waals surface area contributed by atoms with E-state index in [-0.39, 0.29) is 5.92 Å². The zero-order valence-electron chi connectivity index (χ0n) is 17.1. The number of benzene rings is 2. The van der Waals surface area contributed by atoms with Gasteiger partial charge in [-0.05, 0) is 35.7 Å². The highest BCUT2D eigenvalue weighted by Gasteiger charge is 2.26. The molecule has 1 heterocycles. The minimum absolute atomic E-state index is 0.0863. The van der Waals surface area contributed by atoms with Crippen molar-refractivity contribution in [2.24, 2.45) is 5.92 Å². The Labute approximate surface area is 174 Å². The molecule has 156 valence electrons. The Morgan fingerprint density at radius 1 is 1.10 bits per heavy atom. The van der Waals surface area contributed by atoms with Gasteiger partial charge in [0.2, 0.25) is 0 Å². The summed E-state index contributed by atoms with van der Waals surface area (Å²) in [5.74, 6) is -0.584. The van der Waals surface area contributed by atoms with E-state index in [1.807, 2.05) is 26.0 Å². The third-order valence-corrected chi connectivity index (χ3v) is 5.03. The molecule has 0 saturated heterocycles. The maximum Gasteiger partial charge on any atom is 0.344 e. The summed E-state index contributed by atoms with van der Waals surface area (Å²) in [6.07, 6.45) is 0.702. The van der Waals surface area contributed by atoms with Crippen LogP contribution in [0.5, 0.6) is 0 Å². The van der Waals surface area contributed by atoms with Gasteiger partial charge in [0.15, 0.2) is 0 Å². The molecule has 3 aromatic rings. The molecule has 7 nitrogen and oxygen atoms in total. The summed E-state index contributed by atoms with van der Waals surface area (Å²) < 4.78 is 10.2. The summed E-state index contributed by atoms with van der Waals surface area (Å²) in [5.41, 5.74) is 1.53. The van der Waals surface area contributed by atoms with Gasteiger partial charge in [0.05, 0.1) is 12.7 Å². The van der Waals surface area contributed by atoms with Crippen LogP contribution in [-0.4, -0.2) is 25.2 Å². The SMILES string of the molecule is CC[C@@H](C)[C@@H](NC(=O)Nc1cccc(-c2cc3ccccc3oc2=O)c1)C(=O)OC. The quantitative estimate of drug-likeness (QED) is 0.471. The summed E-state index contributed by atoms with van der Waals surface area (Å²) in [6.45, 7) is 3.79. The fraction of sp³-hybridized carbons (Fsp3) is 0.261. The Balaban J connectivity index is 1.82. The molecule has 0 bridgehead atoms. The molecule has 2 amide bonds. The van der Waals surface area contributed by atoms with Gasteiger partial charge in [0.1, 0.15) is 11.6 Å². The number of carbonyl (C=O) groups excluding carboxylic acids is 2. The molecule has 2 aromatic carbocycles. The van der Waals surface area contributed by atoms with E-state index in [4.69, 9.17) is 9.15 Å². The van der Waals surface area contributed by atoms with E-state index in [9.17, 15) is 14.4 Å². The second kappa shape index (κ2) is 9.26. The van der Waals surface area contributed by atoms with E-state index in [0.29, 0.717) is 28.8 Å². The van der Waals surface area contributed by atoms with Crippen LogP contribution in [0.4, 0.5) is 10.5 Å². The smallest absolute Gasteiger partial charge is 0.344 e. The number of ether oxygens (including phenoxy) is 1. The highest BCUT2D eigenvalue weighted by molar-refractivity contribution is 5.93. The number of anilines is 1. The van der Waals surface area contributed by atoms with E-state index >= 15 is 0 Å². The molecule has 0 radical (unpaired) electrons. The molecule has 0 aliphatic rings. The third-order valence-electron chi connectivity index (χ3n) is 5.03. The van der Waals surface area contributed by atoms with Gasteiger partial charge in [-0.3, -0.25) is 0 Å². The van der Waals surface area contributed by atoms with Crippen LogP contribution in [-0.2, 0) is 9.53 Å². The fourth-order valence-corrected chi connectivity index (χ4v) is 3.13. The van der Waals surface area contributed by atoms with Crippen LogP contribution in [0.3, 0.4) is 0 Å². The van der Waals surface area contributed by atoms with E-state index in [1.54, 1.807) is 42.5 Å². The zero-order chi connectivity index (χ0) is 21.7. The second-order valence-corrected chi connectivity index (χ2v) is 7.05. The number of methoxy groups -OCH3 is 1. The highest BCUT2D eigenvalue weighted by atomic mass is 16.5.